The Morgan fingerprint density at radius 3 is 2.46 bits per heavy atom. The minimum atomic E-state index is -0.518. The van der Waals surface area contributed by atoms with E-state index in [0.29, 0.717) is 29.4 Å². The highest BCUT2D eigenvalue weighted by Crippen LogP contribution is 2.28. The van der Waals surface area contributed by atoms with Crippen LogP contribution in [-0.2, 0) is 4.74 Å². The van der Waals surface area contributed by atoms with Gasteiger partial charge < -0.3 is 19.5 Å². The number of rotatable bonds is 6. The van der Waals surface area contributed by atoms with Crippen molar-refractivity contribution in [2.75, 3.05) is 26.1 Å². The number of carbonyl (C=O) groups is 2. The van der Waals surface area contributed by atoms with E-state index < -0.39 is 5.97 Å². The molecule has 6 nitrogen and oxygen atoms in total. The molecular weight excluding hydrogens is 310 g/mol. The maximum atomic E-state index is 12.5. The van der Waals surface area contributed by atoms with Crippen molar-refractivity contribution in [1.29, 1.82) is 0 Å². The predicted octanol–water partition coefficient (Wildman–Crippen LogP) is 3.13. The topological polar surface area (TPSA) is 73.9 Å². The molecule has 24 heavy (non-hydrogen) atoms. The van der Waals surface area contributed by atoms with Gasteiger partial charge in [0, 0.05) is 5.56 Å². The quantitative estimate of drug-likeness (QED) is 0.824. The molecule has 0 aromatic heterocycles. The van der Waals surface area contributed by atoms with Crippen molar-refractivity contribution in [1.82, 2.24) is 0 Å². The van der Waals surface area contributed by atoms with Gasteiger partial charge in [-0.1, -0.05) is 12.1 Å². The van der Waals surface area contributed by atoms with Gasteiger partial charge in [-0.05, 0) is 37.3 Å². The summed E-state index contributed by atoms with van der Waals surface area (Å²) in [6, 6.07) is 11.5. The molecule has 1 amide bonds. The second-order valence-electron chi connectivity index (χ2n) is 4.79. The number of amides is 1. The van der Waals surface area contributed by atoms with Gasteiger partial charge in [0.1, 0.15) is 0 Å². The number of carbonyl (C=O) groups excluding carboxylic acids is 2. The van der Waals surface area contributed by atoms with Crippen molar-refractivity contribution in [2.24, 2.45) is 0 Å². The second-order valence-corrected chi connectivity index (χ2v) is 4.79. The summed E-state index contributed by atoms with van der Waals surface area (Å²) >= 11 is 0. The lowest BCUT2D eigenvalue weighted by molar-refractivity contribution is 0.0602. The van der Waals surface area contributed by atoms with Crippen LogP contribution in [0.25, 0.3) is 0 Å². The third-order valence-corrected chi connectivity index (χ3v) is 3.31. The number of ether oxygens (including phenoxy) is 3. The molecule has 0 saturated carbocycles. The van der Waals surface area contributed by atoms with Crippen molar-refractivity contribution >= 4 is 17.6 Å². The molecule has 126 valence electrons. The molecular formula is C18H19NO5. The molecule has 0 aliphatic carbocycles. The van der Waals surface area contributed by atoms with E-state index in [2.05, 4.69) is 5.32 Å². The lowest BCUT2D eigenvalue weighted by Gasteiger charge is -2.12. The Hall–Kier alpha value is -3.02. The van der Waals surface area contributed by atoms with Crippen molar-refractivity contribution in [2.45, 2.75) is 6.92 Å². The minimum Gasteiger partial charge on any atom is -0.493 e. The smallest absolute Gasteiger partial charge is 0.339 e. The standard InChI is InChI=1S/C18H19NO5/c1-4-24-15-10-9-12(11-16(15)22-2)17(20)19-14-8-6-5-7-13(14)18(21)23-3/h5-11H,4H2,1-3H3,(H,19,20). The Morgan fingerprint density at radius 2 is 1.79 bits per heavy atom. The van der Waals surface area contributed by atoms with Crippen LogP contribution in [0.15, 0.2) is 42.5 Å². The Balaban J connectivity index is 2.26. The molecule has 6 heteroatoms. The first-order chi connectivity index (χ1) is 11.6. The third kappa shape index (κ3) is 3.84. The average Bonchev–Trinajstić information content (AvgIpc) is 2.62. The van der Waals surface area contributed by atoms with Gasteiger partial charge in [0.2, 0.25) is 0 Å². The van der Waals surface area contributed by atoms with Crippen LogP contribution >= 0.6 is 0 Å². The Morgan fingerprint density at radius 1 is 1.04 bits per heavy atom. The van der Waals surface area contributed by atoms with Crippen molar-refractivity contribution in [3.05, 3.63) is 53.6 Å². The average molecular weight is 329 g/mol. The molecule has 0 aliphatic rings. The van der Waals surface area contributed by atoms with Gasteiger partial charge in [-0.15, -0.1) is 0 Å². The van der Waals surface area contributed by atoms with Gasteiger partial charge >= 0.3 is 5.97 Å². The molecule has 0 fully saturated rings. The lowest BCUT2D eigenvalue weighted by atomic mass is 10.1. The number of anilines is 1. The van der Waals surface area contributed by atoms with E-state index in [1.54, 1.807) is 42.5 Å². The largest absolute Gasteiger partial charge is 0.493 e. The number of methoxy groups -OCH3 is 2. The van der Waals surface area contributed by atoms with Crippen molar-refractivity contribution in [3.8, 4) is 11.5 Å². The zero-order chi connectivity index (χ0) is 17.5. The summed E-state index contributed by atoms with van der Waals surface area (Å²) in [5, 5.41) is 2.71. The summed E-state index contributed by atoms with van der Waals surface area (Å²) in [5.74, 6) is 0.139. The summed E-state index contributed by atoms with van der Waals surface area (Å²) in [6.45, 7) is 2.36. The monoisotopic (exact) mass is 329 g/mol. The first-order valence-electron chi connectivity index (χ1n) is 7.40. The molecule has 0 spiro atoms. The van der Waals surface area contributed by atoms with Gasteiger partial charge in [-0.3, -0.25) is 4.79 Å². The summed E-state index contributed by atoms with van der Waals surface area (Å²) in [7, 11) is 2.80. The molecule has 0 bridgehead atoms. The van der Waals surface area contributed by atoms with E-state index in [-0.39, 0.29) is 11.5 Å². The second kappa shape index (κ2) is 8.01. The van der Waals surface area contributed by atoms with Gasteiger partial charge in [0.25, 0.3) is 5.91 Å². The van der Waals surface area contributed by atoms with E-state index in [9.17, 15) is 9.59 Å². The number of nitrogens with one attached hydrogen (secondary N) is 1. The molecule has 1 N–H and O–H groups in total. The fourth-order valence-corrected chi connectivity index (χ4v) is 2.16. The number of esters is 1. The Kier molecular flexibility index (Phi) is 5.78. The molecule has 2 rings (SSSR count). The third-order valence-electron chi connectivity index (χ3n) is 3.31. The summed E-state index contributed by atoms with van der Waals surface area (Å²) in [6.07, 6.45) is 0. The Bertz CT molecular complexity index is 742. The van der Waals surface area contributed by atoms with Crippen LogP contribution in [0, 0.1) is 0 Å². The fraction of sp³-hybridized carbons (Fsp3) is 0.222. The van der Waals surface area contributed by atoms with Gasteiger partial charge in [0.15, 0.2) is 11.5 Å². The van der Waals surface area contributed by atoms with Crippen LogP contribution in [0.1, 0.15) is 27.6 Å². The summed E-state index contributed by atoms with van der Waals surface area (Å²) in [4.78, 5) is 24.2. The van der Waals surface area contributed by atoms with E-state index in [0.717, 1.165) is 0 Å². The fourth-order valence-electron chi connectivity index (χ4n) is 2.16. The van der Waals surface area contributed by atoms with Crippen LogP contribution in [0.2, 0.25) is 0 Å². The van der Waals surface area contributed by atoms with Crippen molar-refractivity contribution in [3.63, 3.8) is 0 Å². The molecule has 2 aromatic rings. The molecule has 0 atom stereocenters. The number of hydrogen-bond acceptors (Lipinski definition) is 5. The van der Waals surface area contributed by atoms with Gasteiger partial charge in [-0.2, -0.15) is 0 Å². The van der Waals surface area contributed by atoms with Gasteiger partial charge in [-0.25, -0.2) is 4.79 Å². The van der Waals surface area contributed by atoms with Crippen LogP contribution in [0.5, 0.6) is 11.5 Å². The van der Waals surface area contributed by atoms with Crippen LogP contribution in [-0.4, -0.2) is 32.7 Å². The first-order valence-corrected chi connectivity index (χ1v) is 7.40. The van der Waals surface area contributed by atoms with Crippen molar-refractivity contribution < 1.29 is 23.8 Å². The highest BCUT2D eigenvalue weighted by molar-refractivity contribution is 6.08. The predicted molar refractivity (Wildman–Crippen MR) is 89.9 cm³/mol. The van der Waals surface area contributed by atoms with Crippen LogP contribution in [0.3, 0.4) is 0 Å². The number of benzene rings is 2. The lowest BCUT2D eigenvalue weighted by Crippen LogP contribution is -2.15. The van der Waals surface area contributed by atoms with E-state index in [1.807, 2.05) is 6.92 Å². The molecule has 0 saturated heterocycles. The highest BCUT2D eigenvalue weighted by atomic mass is 16.5. The Labute approximate surface area is 140 Å². The van der Waals surface area contributed by atoms with Crippen LogP contribution in [0.4, 0.5) is 5.69 Å². The zero-order valence-electron chi connectivity index (χ0n) is 13.8. The maximum absolute atomic E-state index is 12.5. The molecule has 0 aliphatic heterocycles. The highest BCUT2D eigenvalue weighted by Gasteiger charge is 2.15. The zero-order valence-corrected chi connectivity index (χ0v) is 13.8. The number of para-hydroxylation sites is 1. The van der Waals surface area contributed by atoms with E-state index in [1.165, 1.54) is 14.2 Å². The molecule has 0 unspecified atom stereocenters. The normalized spacial score (nSPS) is 9.96. The number of hydrogen-bond donors (Lipinski definition) is 1. The molecule has 0 heterocycles. The minimum absolute atomic E-state index is 0.284. The van der Waals surface area contributed by atoms with E-state index in [4.69, 9.17) is 14.2 Å². The maximum Gasteiger partial charge on any atom is 0.339 e. The summed E-state index contributed by atoms with van der Waals surface area (Å²) in [5.41, 5.74) is 1.04. The SMILES string of the molecule is CCOc1ccc(C(=O)Nc2ccccc2C(=O)OC)cc1OC. The molecule has 2 aromatic carbocycles. The van der Waals surface area contributed by atoms with Gasteiger partial charge in [0.05, 0.1) is 32.1 Å². The van der Waals surface area contributed by atoms with Crippen LogP contribution < -0.4 is 14.8 Å². The first kappa shape index (κ1) is 17.3. The summed E-state index contributed by atoms with van der Waals surface area (Å²) < 4.78 is 15.4. The van der Waals surface area contributed by atoms with E-state index >= 15 is 0 Å². The molecule has 0 radical (unpaired) electrons.